The highest BCUT2D eigenvalue weighted by Gasteiger charge is 2.26. The minimum Gasteiger partial charge on any atom is -0.465 e. The van der Waals surface area contributed by atoms with E-state index in [-0.39, 0.29) is 19.6 Å². The van der Waals surface area contributed by atoms with Gasteiger partial charge in [0.15, 0.2) is 6.61 Å². The van der Waals surface area contributed by atoms with Crippen molar-refractivity contribution in [3.63, 3.8) is 0 Å². The number of carbonyl (C=O) groups excluding carboxylic acids is 4. The van der Waals surface area contributed by atoms with Gasteiger partial charge in [0.1, 0.15) is 12.6 Å². The van der Waals surface area contributed by atoms with E-state index in [0.29, 0.717) is 11.3 Å². The van der Waals surface area contributed by atoms with Crippen molar-refractivity contribution in [2.75, 3.05) is 24.7 Å². The van der Waals surface area contributed by atoms with E-state index in [1.54, 1.807) is 67.6 Å². The molecule has 0 aromatic heterocycles. The minimum atomic E-state index is -1.02. The first-order chi connectivity index (χ1) is 17.5. The number of nitrogens with one attached hydrogen (secondary N) is 1. The lowest BCUT2D eigenvalue weighted by atomic mass is 10.1. The molecule has 3 aromatic rings. The first-order valence-electron chi connectivity index (χ1n) is 11.6. The lowest BCUT2D eigenvalue weighted by Gasteiger charge is -2.23. The fourth-order valence-corrected chi connectivity index (χ4v) is 3.45. The van der Waals surface area contributed by atoms with Crippen molar-refractivity contribution in [2.24, 2.45) is 0 Å². The third-order valence-electron chi connectivity index (χ3n) is 5.21. The first kappa shape index (κ1) is 26.2. The maximum Gasteiger partial charge on any atom is 0.329 e. The third-order valence-corrected chi connectivity index (χ3v) is 5.21. The molecule has 1 atom stereocenters. The summed E-state index contributed by atoms with van der Waals surface area (Å²) in [4.78, 5) is 51.9. The molecule has 186 valence electrons. The fourth-order valence-electron chi connectivity index (χ4n) is 3.45. The second-order valence-electron chi connectivity index (χ2n) is 7.81. The Labute approximate surface area is 209 Å². The number of benzene rings is 3. The lowest BCUT2D eigenvalue weighted by molar-refractivity contribution is -0.150. The molecule has 0 aliphatic heterocycles. The molecule has 0 saturated carbocycles. The summed E-state index contributed by atoms with van der Waals surface area (Å²) in [7, 11) is 0. The molecule has 0 aliphatic carbocycles. The van der Waals surface area contributed by atoms with Crippen LogP contribution in [0.1, 0.15) is 22.8 Å². The van der Waals surface area contributed by atoms with E-state index in [1.165, 1.54) is 4.90 Å². The third kappa shape index (κ3) is 7.80. The van der Waals surface area contributed by atoms with Gasteiger partial charge in [-0.15, -0.1) is 0 Å². The van der Waals surface area contributed by atoms with E-state index in [4.69, 9.17) is 9.47 Å². The van der Waals surface area contributed by atoms with E-state index in [0.717, 1.165) is 5.56 Å². The number of nitrogens with zero attached hydrogens (tertiary/aromatic N) is 1. The van der Waals surface area contributed by atoms with Gasteiger partial charge >= 0.3 is 11.9 Å². The molecule has 8 heteroatoms. The van der Waals surface area contributed by atoms with Crippen LogP contribution in [0, 0.1) is 0 Å². The zero-order valence-corrected chi connectivity index (χ0v) is 20.0. The number of para-hydroxylation sites is 1. The number of rotatable bonds is 11. The molecule has 3 rings (SSSR count). The lowest BCUT2D eigenvalue weighted by Crippen LogP contribution is -2.45. The van der Waals surface area contributed by atoms with Crippen molar-refractivity contribution in [2.45, 2.75) is 19.4 Å². The van der Waals surface area contributed by atoms with Crippen LogP contribution in [0.4, 0.5) is 5.69 Å². The Kier molecular flexibility index (Phi) is 9.76. The molecule has 3 aromatic carbocycles. The molecule has 0 bridgehead atoms. The fraction of sp³-hybridized carbons (Fsp3) is 0.214. The Bertz CT molecular complexity index is 1150. The summed E-state index contributed by atoms with van der Waals surface area (Å²) < 4.78 is 10.3. The van der Waals surface area contributed by atoms with Gasteiger partial charge in [-0.1, -0.05) is 66.7 Å². The summed E-state index contributed by atoms with van der Waals surface area (Å²) in [5.74, 6) is -2.39. The molecule has 0 aliphatic rings. The van der Waals surface area contributed by atoms with Crippen molar-refractivity contribution in [1.82, 2.24) is 5.32 Å². The van der Waals surface area contributed by atoms with Gasteiger partial charge in [0, 0.05) is 17.7 Å². The average molecular weight is 489 g/mol. The van der Waals surface area contributed by atoms with Crippen LogP contribution in [0.2, 0.25) is 0 Å². The number of ether oxygens (including phenoxy) is 2. The number of hydrogen-bond acceptors (Lipinski definition) is 6. The Morgan fingerprint density at radius 1 is 0.806 bits per heavy atom. The highest BCUT2D eigenvalue weighted by atomic mass is 16.5. The SMILES string of the molecule is CCOC(=O)CN(C(=O)COC(=O)C(Cc1ccccc1)NC(=O)c1ccccc1)c1ccccc1. The largest absolute Gasteiger partial charge is 0.465 e. The molecule has 36 heavy (non-hydrogen) atoms. The van der Waals surface area contributed by atoms with Gasteiger partial charge in [0.25, 0.3) is 11.8 Å². The van der Waals surface area contributed by atoms with Gasteiger partial charge in [-0.25, -0.2) is 4.79 Å². The van der Waals surface area contributed by atoms with Crippen molar-refractivity contribution in [3.05, 3.63) is 102 Å². The number of esters is 2. The topological polar surface area (TPSA) is 102 Å². The van der Waals surface area contributed by atoms with Crippen molar-refractivity contribution < 1.29 is 28.7 Å². The molecule has 2 amide bonds. The summed E-state index contributed by atoms with van der Waals surface area (Å²) in [5, 5.41) is 2.70. The maximum atomic E-state index is 13.0. The monoisotopic (exact) mass is 488 g/mol. The highest BCUT2D eigenvalue weighted by molar-refractivity contribution is 6.00. The number of hydrogen-bond donors (Lipinski definition) is 1. The molecule has 0 heterocycles. The second kappa shape index (κ2) is 13.4. The summed E-state index contributed by atoms with van der Waals surface area (Å²) in [6.07, 6.45) is 0.178. The molecular weight excluding hydrogens is 460 g/mol. The Hall–Kier alpha value is -4.46. The molecule has 1 unspecified atom stereocenters. The van der Waals surface area contributed by atoms with Crippen LogP contribution in [0.15, 0.2) is 91.0 Å². The Morgan fingerprint density at radius 3 is 2.00 bits per heavy atom. The molecule has 0 radical (unpaired) electrons. The van der Waals surface area contributed by atoms with Crippen LogP contribution in [0.3, 0.4) is 0 Å². The van der Waals surface area contributed by atoms with E-state index in [2.05, 4.69) is 5.32 Å². The van der Waals surface area contributed by atoms with E-state index >= 15 is 0 Å². The minimum absolute atomic E-state index is 0.174. The van der Waals surface area contributed by atoms with Gasteiger partial charge in [-0.05, 0) is 36.8 Å². The van der Waals surface area contributed by atoms with Crippen molar-refractivity contribution in [3.8, 4) is 0 Å². The average Bonchev–Trinajstić information content (AvgIpc) is 2.91. The van der Waals surface area contributed by atoms with Crippen LogP contribution >= 0.6 is 0 Å². The van der Waals surface area contributed by atoms with Crippen LogP contribution in [0.5, 0.6) is 0 Å². The van der Waals surface area contributed by atoms with E-state index in [9.17, 15) is 19.2 Å². The van der Waals surface area contributed by atoms with E-state index < -0.39 is 36.4 Å². The molecule has 0 fully saturated rings. The summed E-state index contributed by atoms with van der Waals surface area (Å²) in [6, 6.07) is 25.2. The summed E-state index contributed by atoms with van der Waals surface area (Å²) in [6.45, 7) is 0.907. The second-order valence-corrected chi connectivity index (χ2v) is 7.81. The molecule has 0 saturated heterocycles. The predicted molar refractivity (Wildman–Crippen MR) is 134 cm³/mol. The number of carbonyl (C=O) groups is 4. The maximum absolute atomic E-state index is 13.0. The highest BCUT2D eigenvalue weighted by Crippen LogP contribution is 2.14. The normalized spacial score (nSPS) is 11.1. The van der Waals surface area contributed by atoms with Gasteiger partial charge in [-0.2, -0.15) is 0 Å². The molecular formula is C28H28N2O6. The molecule has 8 nitrogen and oxygen atoms in total. The summed E-state index contributed by atoms with van der Waals surface area (Å²) in [5.41, 5.74) is 1.67. The van der Waals surface area contributed by atoms with Crippen molar-refractivity contribution in [1.29, 1.82) is 0 Å². The van der Waals surface area contributed by atoms with Crippen LogP contribution in [-0.2, 0) is 30.3 Å². The Balaban J connectivity index is 1.71. The van der Waals surface area contributed by atoms with Gasteiger partial charge in [0.2, 0.25) is 0 Å². The van der Waals surface area contributed by atoms with E-state index in [1.807, 2.05) is 30.3 Å². The summed E-state index contributed by atoms with van der Waals surface area (Å²) >= 11 is 0. The van der Waals surface area contributed by atoms with Crippen molar-refractivity contribution >= 4 is 29.4 Å². The molecule has 0 spiro atoms. The van der Waals surface area contributed by atoms with Gasteiger partial charge < -0.3 is 14.8 Å². The standard InChI is InChI=1S/C28H28N2O6/c1-2-35-26(32)19-30(23-16-10-5-11-17-23)25(31)20-36-28(34)24(18-21-12-6-3-7-13-21)29-27(33)22-14-8-4-9-15-22/h3-17,24H,2,18-20H2,1H3,(H,29,33). The Morgan fingerprint density at radius 2 is 1.39 bits per heavy atom. The van der Waals surface area contributed by atoms with Gasteiger partial charge in [-0.3, -0.25) is 19.3 Å². The zero-order chi connectivity index (χ0) is 25.8. The van der Waals surface area contributed by atoms with Crippen LogP contribution in [0.25, 0.3) is 0 Å². The number of amides is 2. The van der Waals surface area contributed by atoms with Crippen LogP contribution < -0.4 is 10.2 Å². The molecule has 1 N–H and O–H groups in total. The zero-order valence-electron chi connectivity index (χ0n) is 20.0. The predicted octanol–water partition coefficient (Wildman–Crippen LogP) is 3.17. The first-order valence-corrected chi connectivity index (χ1v) is 11.6. The van der Waals surface area contributed by atoms with Crippen LogP contribution in [-0.4, -0.2) is 49.6 Å². The van der Waals surface area contributed by atoms with Gasteiger partial charge in [0.05, 0.1) is 6.61 Å². The smallest absolute Gasteiger partial charge is 0.329 e. The quantitative estimate of drug-likeness (QED) is 0.416. The number of anilines is 1.